The molecule has 1 heterocycles. The van der Waals surface area contributed by atoms with E-state index in [1.54, 1.807) is 25.5 Å². The van der Waals surface area contributed by atoms with E-state index >= 15 is 0 Å². The molecule has 0 amide bonds. The van der Waals surface area contributed by atoms with Crippen LogP contribution in [-0.2, 0) is 22.1 Å². The Hall–Kier alpha value is -0.590. The van der Waals surface area contributed by atoms with Crippen LogP contribution in [0.25, 0.3) is 0 Å². The van der Waals surface area contributed by atoms with Gasteiger partial charge in [-0.3, -0.25) is 4.68 Å². The summed E-state index contributed by atoms with van der Waals surface area (Å²) in [5.74, 6) is -0.203. The van der Waals surface area contributed by atoms with Crippen molar-refractivity contribution in [1.82, 2.24) is 9.78 Å². The van der Waals surface area contributed by atoms with E-state index in [0.717, 1.165) is 0 Å². The molecule has 0 aliphatic carbocycles. The quantitative estimate of drug-likeness (QED) is 0.893. The zero-order valence-electron chi connectivity index (χ0n) is 11.2. The number of hydrogen-bond donors (Lipinski definition) is 1. The van der Waals surface area contributed by atoms with Crippen LogP contribution in [0.5, 0.6) is 0 Å². The molecule has 0 atom stereocenters. The highest BCUT2D eigenvalue weighted by Crippen LogP contribution is 2.23. The molecule has 0 bridgehead atoms. The Kier molecular flexibility index (Phi) is 4.46. The Bertz CT molecular complexity index is 529. The van der Waals surface area contributed by atoms with Gasteiger partial charge in [0.15, 0.2) is 9.84 Å². The fourth-order valence-corrected chi connectivity index (χ4v) is 4.06. The van der Waals surface area contributed by atoms with Crippen LogP contribution >= 0.6 is 11.6 Å². The molecule has 0 aromatic carbocycles. The molecule has 0 aliphatic heterocycles. The Balaban J connectivity index is 3.05. The lowest BCUT2D eigenvalue weighted by molar-refractivity contribution is 0.540. The molecule has 1 aromatic heterocycles. The highest BCUT2D eigenvalue weighted by Gasteiger charge is 2.25. The molecule has 104 valence electrons. The van der Waals surface area contributed by atoms with Gasteiger partial charge in [-0.25, -0.2) is 8.42 Å². The summed E-state index contributed by atoms with van der Waals surface area (Å²) < 4.78 is 25.8. The van der Waals surface area contributed by atoms with Crippen LogP contribution in [0.2, 0.25) is 5.02 Å². The lowest BCUT2D eigenvalue weighted by atomic mass is 10.1. The summed E-state index contributed by atoms with van der Waals surface area (Å²) in [5, 5.41) is 4.62. The van der Waals surface area contributed by atoms with E-state index in [4.69, 9.17) is 17.3 Å². The van der Waals surface area contributed by atoms with E-state index in [1.807, 2.05) is 6.92 Å². The van der Waals surface area contributed by atoms with Gasteiger partial charge >= 0.3 is 0 Å². The van der Waals surface area contributed by atoms with Crippen molar-refractivity contribution < 1.29 is 8.42 Å². The first-order valence-electron chi connectivity index (χ1n) is 5.77. The Labute approximate surface area is 113 Å². The lowest BCUT2D eigenvalue weighted by Crippen LogP contribution is -2.40. The van der Waals surface area contributed by atoms with Gasteiger partial charge < -0.3 is 5.73 Å². The number of rotatable bonds is 5. The van der Waals surface area contributed by atoms with Crippen molar-refractivity contribution in [3.8, 4) is 0 Å². The summed E-state index contributed by atoms with van der Waals surface area (Å²) in [7, 11) is -3.30. The summed E-state index contributed by atoms with van der Waals surface area (Å²) in [5.41, 5.74) is 6.19. The summed E-state index contributed by atoms with van der Waals surface area (Å²) in [4.78, 5) is 0. The smallest absolute Gasteiger partial charge is 0.157 e. The van der Waals surface area contributed by atoms with E-state index < -0.39 is 15.4 Å². The Morgan fingerprint density at radius 1 is 1.44 bits per heavy atom. The predicted octanol–water partition coefficient (Wildman–Crippen LogP) is 1.52. The van der Waals surface area contributed by atoms with Gasteiger partial charge in [-0.05, 0) is 27.7 Å². The van der Waals surface area contributed by atoms with E-state index in [0.29, 0.717) is 23.0 Å². The maximum absolute atomic E-state index is 12.1. The van der Waals surface area contributed by atoms with Gasteiger partial charge in [0.05, 0.1) is 27.9 Å². The monoisotopic (exact) mass is 293 g/mol. The zero-order chi connectivity index (χ0) is 14.1. The number of aryl methyl sites for hydroxylation is 2. The first-order chi connectivity index (χ1) is 8.06. The van der Waals surface area contributed by atoms with Crippen LogP contribution in [0, 0.1) is 6.92 Å². The van der Waals surface area contributed by atoms with Gasteiger partial charge in [0, 0.05) is 12.1 Å². The van der Waals surface area contributed by atoms with Gasteiger partial charge in [0.2, 0.25) is 0 Å². The number of halogens is 1. The summed E-state index contributed by atoms with van der Waals surface area (Å²) in [6, 6.07) is 0. The summed E-state index contributed by atoms with van der Waals surface area (Å²) in [6.07, 6.45) is 0. The SMILES string of the molecule is CCn1nc(C)c(Cl)c1CS(=O)(=O)CC(C)(C)N. The second-order valence-electron chi connectivity index (χ2n) is 5.18. The van der Waals surface area contributed by atoms with E-state index in [-0.39, 0.29) is 11.5 Å². The summed E-state index contributed by atoms with van der Waals surface area (Å²) in [6.45, 7) is 7.62. The van der Waals surface area contributed by atoms with Gasteiger partial charge in [0.1, 0.15) is 0 Å². The molecular formula is C11H20ClN3O2S. The van der Waals surface area contributed by atoms with Gasteiger partial charge in [-0.2, -0.15) is 5.10 Å². The third-order valence-corrected chi connectivity index (χ3v) is 4.79. The molecule has 0 saturated carbocycles. The first kappa shape index (κ1) is 15.5. The van der Waals surface area contributed by atoms with Crippen LogP contribution in [0.15, 0.2) is 0 Å². The van der Waals surface area contributed by atoms with Crippen molar-refractivity contribution in [2.75, 3.05) is 5.75 Å². The maximum atomic E-state index is 12.1. The highest BCUT2D eigenvalue weighted by molar-refractivity contribution is 7.90. The number of aromatic nitrogens is 2. The van der Waals surface area contributed by atoms with Crippen LogP contribution < -0.4 is 5.73 Å². The van der Waals surface area contributed by atoms with Crippen LogP contribution in [0.4, 0.5) is 0 Å². The van der Waals surface area contributed by atoms with E-state index in [1.165, 1.54) is 0 Å². The molecule has 1 rings (SSSR count). The largest absolute Gasteiger partial charge is 0.325 e. The minimum absolute atomic E-state index is 0.0791. The topological polar surface area (TPSA) is 78.0 Å². The number of hydrogen-bond acceptors (Lipinski definition) is 4. The number of nitrogens with zero attached hydrogens (tertiary/aromatic N) is 2. The zero-order valence-corrected chi connectivity index (χ0v) is 12.8. The molecule has 0 unspecified atom stereocenters. The average molecular weight is 294 g/mol. The first-order valence-corrected chi connectivity index (χ1v) is 7.97. The standard InChI is InChI=1S/C11H20ClN3O2S/c1-5-15-9(10(12)8(2)14-15)6-18(16,17)7-11(3,4)13/h5-7,13H2,1-4H3. The Morgan fingerprint density at radius 2 is 2.00 bits per heavy atom. The molecule has 0 spiro atoms. The second-order valence-corrected chi connectivity index (χ2v) is 7.63. The number of nitrogens with two attached hydrogens (primary N) is 1. The molecule has 2 N–H and O–H groups in total. The van der Waals surface area contributed by atoms with Crippen LogP contribution in [-0.4, -0.2) is 29.5 Å². The molecule has 0 fully saturated rings. The van der Waals surface area contributed by atoms with Crippen LogP contribution in [0.3, 0.4) is 0 Å². The Morgan fingerprint density at radius 3 is 2.44 bits per heavy atom. The molecule has 0 saturated heterocycles. The minimum Gasteiger partial charge on any atom is -0.325 e. The predicted molar refractivity (Wildman–Crippen MR) is 73.4 cm³/mol. The van der Waals surface area contributed by atoms with Crippen molar-refractivity contribution in [3.63, 3.8) is 0 Å². The maximum Gasteiger partial charge on any atom is 0.157 e. The van der Waals surface area contributed by atoms with Crippen LogP contribution in [0.1, 0.15) is 32.2 Å². The molecule has 1 aromatic rings. The minimum atomic E-state index is -3.30. The average Bonchev–Trinajstić information content (AvgIpc) is 2.41. The van der Waals surface area contributed by atoms with Gasteiger partial charge in [-0.1, -0.05) is 11.6 Å². The van der Waals surface area contributed by atoms with Crippen molar-refractivity contribution in [1.29, 1.82) is 0 Å². The number of sulfone groups is 1. The third-order valence-electron chi connectivity index (χ3n) is 2.40. The molecule has 18 heavy (non-hydrogen) atoms. The molecular weight excluding hydrogens is 274 g/mol. The van der Waals surface area contributed by atoms with Crippen molar-refractivity contribution in [3.05, 3.63) is 16.4 Å². The summed E-state index contributed by atoms with van der Waals surface area (Å²) >= 11 is 6.09. The van der Waals surface area contributed by atoms with Crippen molar-refractivity contribution in [2.24, 2.45) is 5.73 Å². The highest BCUT2D eigenvalue weighted by atomic mass is 35.5. The lowest BCUT2D eigenvalue weighted by Gasteiger charge is -2.18. The van der Waals surface area contributed by atoms with Crippen molar-refractivity contribution >= 4 is 21.4 Å². The molecule has 0 radical (unpaired) electrons. The van der Waals surface area contributed by atoms with Gasteiger partial charge in [-0.15, -0.1) is 0 Å². The fourth-order valence-electron chi connectivity index (χ4n) is 1.83. The molecule has 7 heteroatoms. The second kappa shape index (κ2) is 5.19. The molecule has 5 nitrogen and oxygen atoms in total. The van der Waals surface area contributed by atoms with E-state index in [2.05, 4.69) is 5.10 Å². The third kappa shape index (κ3) is 3.96. The van der Waals surface area contributed by atoms with E-state index in [9.17, 15) is 8.42 Å². The normalized spacial score (nSPS) is 13.0. The van der Waals surface area contributed by atoms with Crippen molar-refractivity contribution in [2.45, 2.75) is 45.5 Å². The van der Waals surface area contributed by atoms with Gasteiger partial charge in [0.25, 0.3) is 0 Å². The fraction of sp³-hybridized carbons (Fsp3) is 0.727. The molecule has 0 aliphatic rings.